The van der Waals surface area contributed by atoms with Crippen LogP contribution in [0.1, 0.15) is 69.5 Å². The lowest BCUT2D eigenvalue weighted by Crippen LogP contribution is -2.67. The molecule has 1 atom stereocenters. The first-order chi connectivity index (χ1) is 26.0. The number of pyridine rings is 1. The number of nitrogens with zero attached hydrogens (tertiary/aromatic N) is 4. The number of halogens is 3. The molecule has 55 heavy (non-hydrogen) atoms. The number of carbonyl (C=O) groups is 1. The van der Waals surface area contributed by atoms with Gasteiger partial charge < -0.3 is 18.8 Å². The Hall–Kier alpha value is -4.69. The van der Waals surface area contributed by atoms with E-state index in [1.54, 1.807) is 43.6 Å². The van der Waals surface area contributed by atoms with Gasteiger partial charge in [0, 0.05) is 41.9 Å². The summed E-state index contributed by atoms with van der Waals surface area (Å²) in [6.45, 7) is 11.7. The monoisotopic (exact) mass is 786 g/mol. The molecule has 0 aliphatic heterocycles. The third kappa shape index (κ3) is 8.16. The lowest BCUT2D eigenvalue weighted by Gasteiger charge is -2.44. The fourth-order valence-electron chi connectivity index (χ4n) is 7.46. The molecule has 0 amide bonds. The summed E-state index contributed by atoms with van der Waals surface area (Å²) >= 11 is 0.923. The smallest absolute Gasteiger partial charge is 0.406 e. The fourth-order valence-corrected chi connectivity index (χ4v) is 12.9. The van der Waals surface area contributed by atoms with Gasteiger partial charge in [-0.3, -0.25) is 4.98 Å². The van der Waals surface area contributed by atoms with E-state index in [0.29, 0.717) is 57.0 Å². The van der Waals surface area contributed by atoms with Crippen molar-refractivity contribution in [3.8, 4) is 21.8 Å². The maximum Gasteiger partial charge on any atom is 0.406 e. The van der Waals surface area contributed by atoms with E-state index in [1.165, 1.54) is 4.57 Å². The SMILES string of the molecule is CO[C@@H](C)c1ncccc1-c1c(CC(C)(C)CO[Si](c2ccccc2)(c2ccccc2)C(C)(C)C)c2cc(-c3nc(C(=O)O)ns3)ccc2n1CC(F)(F)F. The standard InChI is InChI=1S/C42H45F3N4O4SSi/c1-27(52-7)35-31(19-14-22-46-35)36-33(32-23-28(38-47-37(39(50)51)48-54-38)20-21-34(32)49(36)25-42(43,44)45)24-41(5,6)26-53-55(40(2,3)4,29-15-10-8-11-16-29)30-17-12-9-13-18-30/h8-23,27H,24-26H2,1-7H3,(H,50,51)/t27-/m0/s1. The van der Waals surface area contributed by atoms with Gasteiger partial charge >= 0.3 is 12.1 Å². The topological polar surface area (TPSA) is 99.4 Å². The van der Waals surface area contributed by atoms with Crippen LogP contribution in [0.5, 0.6) is 0 Å². The number of ether oxygens (including phenoxy) is 1. The van der Waals surface area contributed by atoms with Crippen molar-refractivity contribution in [2.45, 2.75) is 71.8 Å². The maximum atomic E-state index is 14.6. The van der Waals surface area contributed by atoms with Gasteiger partial charge in [0.2, 0.25) is 0 Å². The van der Waals surface area contributed by atoms with Crippen molar-refractivity contribution >= 4 is 47.1 Å². The fraction of sp³-hybridized carbons (Fsp3) is 0.333. The highest BCUT2D eigenvalue weighted by atomic mass is 32.1. The van der Waals surface area contributed by atoms with Crippen LogP contribution in [0.25, 0.3) is 32.7 Å². The predicted molar refractivity (Wildman–Crippen MR) is 214 cm³/mol. The van der Waals surface area contributed by atoms with Crippen molar-refractivity contribution in [3.63, 3.8) is 0 Å². The van der Waals surface area contributed by atoms with Gasteiger partial charge in [0.15, 0.2) is 0 Å². The zero-order valence-corrected chi connectivity index (χ0v) is 33.8. The molecule has 0 fully saturated rings. The number of aromatic carboxylic acids is 1. The van der Waals surface area contributed by atoms with E-state index in [1.807, 2.05) is 43.3 Å². The third-order valence-electron chi connectivity index (χ3n) is 9.95. The summed E-state index contributed by atoms with van der Waals surface area (Å²) in [6, 6.07) is 29.2. The number of carboxylic acids is 1. The Morgan fingerprint density at radius 2 is 1.56 bits per heavy atom. The van der Waals surface area contributed by atoms with E-state index in [2.05, 4.69) is 73.2 Å². The van der Waals surface area contributed by atoms with Gasteiger partial charge in [-0.25, -0.2) is 9.78 Å². The zero-order valence-electron chi connectivity index (χ0n) is 31.9. The molecule has 13 heteroatoms. The van der Waals surface area contributed by atoms with E-state index in [4.69, 9.17) is 9.16 Å². The second-order valence-corrected chi connectivity index (χ2v) is 20.7. The average molecular weight is 787 g/mol. The van der Waals surface area contributed by atoms with Crippen LogP contribution in [-0.2, 0) is 22.1 Å². The Kier molecular flexibility index (Phi) is 11.2. The first-order valence-electron chi connectivity index (χ1n) is 18.0. The van der Waals surface area contributed by atoms with Crippen LogP contribution in [0, 0.1) is 5.41 Å². The van der Waals surface area contributed by atoms with E-state index in [-0.39, 0.29) is 10.9 Å². The summed E-state index contributed by atoms with van der Waals surface area (Å²) < 4.78 is 62.2. The molecule has 0 bridgehead atoms. The molecule has 3 aromatic heterocycles. The van der Waals surface area contributed by atoms with Gasteiger partial charge in [0.05, 0.1) is 17.5 Å². The number of alkyl halides is 3. The Morgan fingerprint density at radius 3 is 2.11 bits per heavy atom. The van der Waals surface area contributed by atoms with Crippen molar-refractivity contribution in [2.75, 3.05) is 13.7 Å². The van der Waals surface area contributed by atoms with Crippen LogP contribution in [0.2, 0.25) is 5.04 Å². The number of rotatable bonds is 13. The normalized spacial score (nSPS) is 13.3. The number of carboxylic acid groups (broad SMARTS) is 1. The van der Waals surface area contributed by atoms with E-state index in [9.17, 15) is 23.1 Å². The largest absolute Gasteiger partial charge is 0.475 e. The van der Waals surface area contributed by atoms with Gasteiger partial charge in [-0.05, 0) is 81.6 Å². The van der Waals surface area contributed by atoms with Gasteiger partial charge in [-0.1, -0.05) is 95.3 Å². The minimum absolute atomic E-state index is 0.286. The second kappa shape index (κ2) is 15.4. The Bertz CT molecular complexity index is 2250. The summed E-state index contributed by atoms with van der Waals surface area (Å²) in [7, 11) is -1.42. The lowest BCUT2D eigenvalue weighted by molar-refractivity contribution is -0.139. The highest BCUT2D eigenvalue weighted by Crippen LogP contribution is 2.44. The predicted octanol–water partition coefficient (Wildman–Crippen LogP) is 9.34. The maximum absolute atomic E-state index is 14.6. The Labute approximate surface area is 324 Å². The zero-order chi connectivity index (χ0) is 39.8. The van der Waals surface area contributed by atoms with Crippen molar-refractivity contribution in [3.05, 3.63) is 114 Å². The average Bonchev–Trinajstić information content (AvgIpc) is 3.75. The molecule has 0 saturated heterocycles. The van der Waals surface area contributed by atoms with Gasteiger partial charge in [-0.2, -0.15) is 17.5 Å². The summed E-state index contributed by atoms with van der Waals surface area (Å²) in [6.07, 6.45) is -3.12. The van der Waals surface area contributed by atoms with Crippen LogP contribution in [0.15, 0.2) is 97.2 Å². The molecule has 1 N–H and O–H groups in total. The van der Waals surface area contributed by atoms with Crippen LogP contribution in [-0.4, -0.2) is 58.2 Å². The van der Waals surface area contributed by atoms with Gasteiger partial charge in [0.25, 0.3) is 14.1 Å². The van der Waals surface area contributed by atoms with Crippen LogP contribution in [0.3, 0.4) is 0 Å². The van der Waals surface area contributed by atoms with Gasteiger partial charge in [-0.15, -0.1) is 0 Å². The molecule has 0 saturated carbocycles. The number of fused-ring (bicyclic) bond motifs is 1. The van der Waals surface area contributed by atoms with E-state index < -0.39 is 38.5 Å². The summed E-state index contributed by atoms with van der Waals surface area (Å²) in [5, 5.41) is 12.4. The van der Waals surface area contributed by atoms with Crippen molar-refractivity contribution in [1.29, 1.82) is 0 Å². The van der Waals surface area contributed by atoms with Crippen LogP contribution < -0.4 is 10.4 Å². The number of methoxy groups -OCH3 is 1. The molecule has 0 unspecified atom stereocenters. The highest BCUT2D eigenvalue weighted by Gasteiger charge is 2.51. The molecule has 6 aromatic rings. The number of aromatic nitrogens is 4. The van der Waals surface area contributed by atoms with Crippen molar-refractivity contribution < 1.29 is 32.2 Å². The number of hydrogen-bond donors (Lipinski definition) is 1. The van der Waals surface area contributed by atoms with Gasteiger partial charge in [0.1, 0.15) is 11.6 Å². The summed E-state index contributed by atoms with van der Waals surface area (Å²) in [5.74, 6) is -1.60. The summed E-state index contributed by atoms with van der Waals surface area (Å²) in [4.78, 5) is 20.4. The molecule has 8 nitrogen and oxygen atoms in total. The molecule has 0 aliphatic rings. The van der Waals surface area contributed by atoms with E-state index in [0.717, 1.165) is 21.9 Å². The Balaban J connectivity index is 1.56. The van der Waals surface area contributed by atoms with Crippen molar-refractivity contribution in [2.24, 2.45) is 5.41 Å². The molecule has 0 aliphatic carbocycles. The molecule has 288 valence electrons. The molecular weight excluding hydrogens is 742 g/mol. The van der Waals surface area contributed by atoms with E-state index >= 15 is 0 Å². The Morgan fingerprint density at radius 1 is 0.927 bits per heavy atom. The number of hydrogen-bond acceptors (Lipinski definition) is 7. The lowest BCUT2D eigenvalue weighted by atomic mass is 9.84. The first kappa shape index (κ1) is 40.0. The quantitative estimate of drug-likeness (QED) is 0.117. The molecule has 3 heterocycles. The van der Waals surface area contributed by atoms with Crippen LogP contribution in [0.4, 0.5) is 13.2 Å². The van der Waals surface area contributed by atoms with Crippen molar-refractivity contribution in [1.82, 2.24) is 18.9 Å². The third-order valence-corrected chi connectivity index (χ3v) is 15.7. The first-order valence-corrected chi connectivity index (χ1v) is 20.7. The minimum Gasteiger partial charge on any atom is -0.475 e. The molecule has 0 radical (unpaired) electrons. The summed E-state index contributed by atoms with van der Waals surface area (Å²) in [5.41, 5.74) is 2.42. The van der Waals surface area contributed by atoms with Crippen LogP contribution >= 0.6 is 11.5 Å². The number of benzene rings is 3. The molecule has 0 spiro atoms. The molecule has 6 rings (SSSR count). The minimum atomic E-state index is -4.55. The second-order valence-electron chi connectivity index (χ2n) is 15.6. The molecule has 3 aromatic carbocycles. The molecular formula is C42H45F3N4O4SSi. The highest BCUT2D eigenvalue weighted by molar-refractivity contribution is 7.09.